The van der Waals surface area contributed by atoms with Gasteiger partial charge in [0.1, 0.15) is 0 Å². The van der Waals surface area contributed by atoms with Crippen LogP contribution >= 0.6 is 11.6 Å². The summed E-state index contributed by atoms with van der Waals surface area (Å²) in [5, 5.41) is -0.500. The van der Waals surface area contributed by atoms with E-state index in [1.807, 2.05) is 0 Å². The quantitative estimate of drug-likeness (QED) is 0.598. The minimum absolute atomic E-state index is 0.500. The molecule has 0 atom stereocenters. The maximum atomic E-state index is 11.9. The van der Waals surface area contributed by atoms with Crippen molar-refractivity contribution in [2.75, 3.05) is 0 Å². The van der Waals surface area contributed by atoms with Crippen LogP contribution in [0.25, 0.3) is 0 Å². The summed E-state index contributed by atoms with van der Waals surface area (Å²) in [6.07, 6.45) is -3.50. The second-order valence-electron chi connectivity index (χ2n) is 1.75. The van der Waals surface area contributed by atoms with Gasteiger partial charge in [0.2, 0.25) is 0 Å². The van der Waals surface area contributed by atoms with Crippen molar-refractivity contribution in [3.8, 4) is 0 Å². The van der Waals surface area contributed by atoms with Gasteiger partial charge in [-0.3, -0.25) is 4.98 Å². The minimum Gasteiger partial charge on any atom is -0.250 e. The number of aromatic nitrogens is 1. The predicted molar refractivity (Wildman–Crippen MR) is 33.1 cm³/mol. The summed E-state index contributed by atoms with van der Waals surface area (Å²) < 4.78 is 35.6. The molecule has 0 amide bonds. The van der Waals surface area contributed by atoms with Crippen LogP contribution in [0.15, 0.2) is 12.3 Å². The monoisotopic (exact) mass is 180 g/mol. The van der Waals surface area contributed by atoms with E-state index in [-0.39, 0.29) is 0 Å². The highest BCUT2D eigenvalue weighted by Gasteiger charge is 2.34. The van der Waals surface area contributed by atoms with Crippen molar-refractivity contribution < 1.29 is 13.2 Å². The van der Waals surface area contributed by atoms with E-state index in [0.29, 0.717) is 0 Å². The van der Waals surface area contributed by atoms with Crippen molar-refractivity contribution in [1.29, 1.82) is 0 Å². The van der Waals surface area contributed by atoms with Gasteiger partial charge in [-0.15, -0.1) is 0 Å². The molecule has 0 unspecified atom stereocenters. The first-order valence-corrected chi connectivity index (χ1v) is 2.99. The molecule has 1 heterocycles. The molecule has 0 spiro atoms. The van der Waals surface area contributed by atoms with Crippen molar-refractivity contribution in [2.24, 2.45) is 0 Å². The van der Waals surface area contributed by atoms with Crippen LogP contribution in [0.4, 0.5) is 13.2 Å². The third-order valence-corrected chi connectivity index (χ3v) is 1.25. The van der Waals surface area contributed by atoms with Crippen LogP contribution in [0.3, 0.4) is 0 Å². The molecule has 0 bridgehead atoms. The Morgan fingerprint density at radius 1 is 1.45 bits per heavy atom. The maximum absolute atomic E-state index is 11.9. The zero-order chi connectivity index (χ0) is 8.48. The summed E-state index contributed by atoms with van der Waals surface area (Å²) in [7, 11) is 0. The zero-order valence-electron chi connectivity index (χ0n) is 5.11. The van der Waals surface area contributed by atoms with Crippen molar-refractivity contribution in [3.63, 3.8) is 0 Å². The Morgan fingerprint density at radius 2 is 2.09 bits per heavy atom. The number of hydrogen-bond acceptors (Lipinski definition) is 1. The van der Waals surface area contributed by atoms with Crippen molar-refractivity contribution >= 4 is 11.6 Å². The van der Waals surface area contributed by atoms with E-state index in [4.69, 9.17) is 11.6 Å². The zero-order valence-corrected chi connectivity index (χ0v) is 5.87. The lowest BCUT2D eigenvalue weighted by molar-refractivity contribution is -0.141. The van der Waals surface area contributed by atoms with Gasteiger partial charge >= 0.3 is 6.18 Å². The van der Waals surface area contributed by atoms with Gasteiger partial charge in [-0.1, -0.05) is 11.6 Å². The van der Waals surface area contributed by atoms with E-state index in [1.165, 1.54) is 6.07 Å². The lowest BCUT2D eigenvalue weighted by Crippen LogP contribution is -2.08. The minimum atomic E-state index is -4.49. The molecule has 0 saturated heterocycles. The molecular weight excluding hydrogens is 179 g/mol. The summed E-state index contributed by atoms with van der Waals surface area (Å²) in [6, 6.07) is 3.41. The van der Waals surface area contributed by atoms with Crippen LogP contribution in [0.1, 0.15) is 5.69 Å². The van der Waals surface area contributed by atoms with Crippen LogP contribution in [-0.2, 0) is 6.18 Å². The number of alkyl halides is 3. The van der Waals surface area contributed by atoms with Gasteiger partial charge in [-0.25, -0.2) is 0 Å². The van der Waals surface area contributed by atoms with E-state index >= 15 is 0 Å². The molecule has 0 N–H and O–H groups in total. The van der Waals surface area contributed by atoms with Crippen LogP contribution in [0.2, 0.25) is 5.02 Å². The molecule has 0 aliphatic carbocycles. The fourth-order valence-corrected chi connectivity index (χ4v) is 0.764. The standard InChI is InChI=1S/C6H2ClF3N/c7-4-2-1-3-11-5(4)6(8,9)10/h1,3H. The highest BCUT2D eigenvalue weighted by Crippen LogP contribution is 2.31. The number of nitrogens with zero attached hydrogens (tertiary/aromatic N) is 1. The van der Waals surface area contributed by atoms with Crippen molar-refractivity contribution in [2.45, 2.75) is 6.18 Å². The highest BCUT2D eigenvalue weighted by atomic mass is 35.5. The molecule has 5 heteroatoms. The molecule has 1 nitrogen and oxygen atoms in total. The summed E-state index contributed by atoms with van der Waals surface area (Å²) in [6.45, 7) is 0. The van der Waals surface area contributed by atoms with Gasteiger partial charge in [-0.05, 0) is 6.07 Å². The molecular formula is C6H2ClF3N. The van der Waals surface area contributed by atoms with Crippen LogP contribution < -0.4 is 0 Å². The van der Waals surface area contributed by atoms with E-state index in [9.17, 15) is 13.2 Å². The van der Waals surface area contributed by atoms with E-state index in [0.717, 1.165) is 6.20 Å². The van der Waals surface area contributed by atoms with Crippen LogP contribution in [-0.4, -0.2) is 4.98 Å². The summed E-state index contributed by atoms with van der Waals surface area (Å²) in [5.41, 5.74) is -1.10. The third-order valence-electron chi connectivity index (χ3n) is 0.965. The second kappa shape index (κ2) is 2.70. The molecule has 1 aromatic rings. The lowest BCUT2D eigenvalue weighted by Gasteiger charge is -2.05. The van der Waals surface area contributed by atoms with Gasteiger partial charge in [0.25, 0.3) is 0 Å². The summed E-state index contributed by atoms with van der Waals surface area (Å²) in [4.78, 5) is 3.06. The average molecular weight is 181 g/mol. The highest BCUT2D eigenvalue weighted by molar-refractivity contribution is 6.31. The van der Waals surface area contributed by atoms with Gasteiger partial charge in [0.15, 0.2) is 5.69 Å². The largest absolute Gasteiger partial charge is 0.434 e. The lowest BCUT2D eigenvalue weighted by atomic mass is 10.3. The van der Waals surface area contributed by atoms with Crippen LogP contribution in [0.5, 0.6) is 0 Å². The first-order chi connectivity index (χ1) is 5.02. The Hall–Kier alpha value is -0.770. The molecule has 1 rings (SSSR count). The first kappa shape index (κ1) is 8.33. The maximum Gasteiger partial charge on any atom is 0.434 e. The SMILES string of the molecule is FC(F)(F)c1ncc[c]c1Cl. The Morgan fingerprint density at radius 3 is 2.45 bits per heavy atom. The van der Waals surface area contributed by atoms with E-state index < -0.39 is 16.9 Å². The van der Waals surface area contributed by atoms with Gasteiger partial charge in [0, 0.05) is 12.3 Å². The Balaban J connectivity index is 3.14. The van der Waals surface area contributed by atoms with Crippen molar-refractivity contribution in [3.05, 3.63) is 29.0 Å². The van der Waals surface area contributed by atoms with E-state index in [2.05, 4.69) is 11.1 Å². The normalized spacial score (nSPS) is 11.6. The number of pyridine rings is 1. The second-order valence-corrected chi connectivity index (χ2v) is 2.13. The Labute approximate surface area is 65.8 Å². The molecule has 1 aromatic heterocycles. The molecule has 0 fully saturated rings. The number of rotatable bonds is 0. The van der Waals surface area contributed by atoms with Gasteiger partial charge < -0.3 is 0 Å². The summed E-state index contributed by atoms with van der Waals surface area (Å²) >= 11 is 5.17. The Bertz CT molecular complexity index is 258. The Kier molecular flexibility index (Phi) is 2.04. The third kappa shape index (κ3) is 1.83. The number of hydrogen-bond donors (Lipinski definition) is 0. The number of halogens is 4. The fourth-order valence-electron chi connectivity index (χ4n) is 0.545. The van der Waals surface area contributed by atoms with Gasteiger partial charge in [0.05, 0.1) is 5.02 Å². The molecule has 59 valence electrons. The van der Waals surface area contributed by atoms with Gasteiger partial charge in [-0.2, -0.15) is 13.2 Å². The molecule has 11 heavy (non-hydrogen) atoms. The predicted octanol–water partition coefficient (Wildman–Crippen LogP) is 2.55. The molecule has 0 saturated carbocycles. The fraction of sp³-hybridized carbons (Fsp3) is 0.167. The smallest absolute Gasteiger partial charge is 0.250 e. The van der Waals surface area contributed by atoms with E-state index in [1.54, 1.807) is 0 Å². The molecule has 0 aromatic carbocycles. The molecule has 1 radical (unpaired) electrons. The molecule has 0 aliphatic rings. The molecule has 0 aliphatic heterocycles. The average Bonchev–Trinajstić information content (AvgIpc) is 1.86. The van der Waals surface area contributed by atoms with Crippen LogP contribution in [0, 0.1) is 6.07 Å². The first-order valence-electron chi connectivity index (χ1n) is 2.61. The van der Waals surface area contributed by atoms with Crippen molar-refractivity contribution in [1.82, 2.24) is 4.98 Å². The summed E-state index contributed by atoms with van der Waals surface area (Å²) in [5.74, 6) is 0. The topological polar surface area (TPSA) is 12.9 Å².